The minimum Gasteiger partial charge on any atom is -0.478 e. The molecule has 0 saturated heterocycles. The van der Waals surface area contributed by atoms with Crippen molar-refractivity contribution in [3.05, 3.63) is 142 Å². The molecule has 0 spiro atoms. The molecule has 0 aromatic heterocycles. The van der Waals surface area contributed by atoms with Crippen LogP contribution in [0, 0.1) is 21.7 Å². The Balaban J connectivity index is 1.06. The van der Waals surface area contributed by atoms with Gasteiger partial charge in [-0.25, -0.2) is 9.59 Å². The molecule has 2 aliphatic heterocycles. The molecule has 8 heteroatoms. The number of hydrogen-bond acceptors (Lipinski definition) is 4. The first-order chi connectivity index (χ1) is 25.4. The molecule has 2 atom stereocenters. The fraction of sp³-hybridized carbons (Fsp3) is 0.348. The molecule has 2 amide bonds. The molecule has 2 heterocycles. The van der Waals surface area contributed by atoms with Crippen molar-refractivity contribution in [2.75, 3.05) is 26.2 Å². The number of fused-ring (bicyclic) bond motifs is 2. The average Bonchev–Trinajstić information content (AvgIpc) is 3.13. The Morgan fingerprint density at radius 3 is 1.24 bits per heavy atom. The number of carboxylic acid groups (broad SMARTS) is 2. The first kappa shape index (κ1) is 36.8. The molecule has 3 aromatic rings. The Morgan fingerprint density at radius 2 is 0.889 bits per heavy atom. The molecular formula is C46H48N2O6. The Bertz CT molecular complexity index is 2050. The van der Waals surface area contributed by atoms with Crippen molar-refractivity contribution in [3.8, 4) is 0 Å². The van der Waals surface area contributed by atoms with Crippen LogP contribution in [0.4, 0.5) is 0 Å². The summed E-state index contributed by atoms with van der Waals surface area (Å²) < 4.78 is 0. The highest BCUT2D eigenvalue weighted by Crippen LogP contribution is 2.56. The van der Waals surface area contributed by atoms with Gasteiger partial charge in [0.25, 0.3) is 11.8 Å². The van der Waals surface area contributed by atoms with Crippen LogP contribution < -0.4 is 0 Å². The van der Waals surface area contributed by atoms with Crippen molar-refractivity contribution in [2.45, 2.75) is 54.4 Å². The Morgan fingerprint density at radius 1 is 0.519 bits per heavy atom. The van der Waals surface area contributed by atoms with Crippen molar-refractivity contribution >= 4 is 34.9 Å². The van der Waals surface area contributed by atoms with Gasteiger partial charge < -0.3 is 20.0 Å². The molecule has 2 aliphatic carbocycles. The predicted octanol–water partition coefficient (Wildman–Crippen LogP) is 8.89. The number of carbonyl (C=O) groups is 4. The highest BCUT2D eigenvalue weighted by atomic mass is 16.4. The maximum Gasteiger partial charge on any atom is 0.335 e. The van der Waals surface area contributed by atoms with Gasteiger partial charge in [0.15, 0.2) is 0 Å². The van der Waals surface area contributed by atoms with Crippen LogP contribution in [0.15, 0.2) is 108 Å². The normalized spacial score (nSPS) is 24.2. The standard InChI is InChI=1S/C46H48N2O6/c1-43(2)35(29-10-14-31(15-11-29)41(51)52)18-22-45(5)27-47(24-20-37(43)45)39(49)33-8-7-9-34(26-33)40(50)48-25-21-38-44(3,4)36(19-23-46(38,6)28-48)30-12-16-32(17-13-30)42(53)54/h7-21,26H,22-25,27-28H2,1-6H3,(H,51,52)(H,53,54)/t45-,46-/m1/s1. The van der Waals surface area contributed by atoms with Gasteiger partial charge in [-0.05, 0) is 77.6 Å². The lowest BCUT2D eigenvalue weighted by atomic mass is 9.58. The van der Waals surface area contributed by atoms with E-state index >= 15 is 0 Å². The fourth-order valence-electron chi connectivity index (χ4n) is 9.86. The molecule has 278 valence electrons. The molecule has 4 aliphatic rings. The van der Waals surface area contributed by atoms with Crippen LogP contribution in [0.5, 0.6) is 0 Å². The van der Waals surface area contributed by atoms with Gasteiger partial charge in [0, 0.05) is 59.0 Å². The van der Waals surface area contributed by atoms with Gasteiger partial charge in [-0.15, -0.1) is 0 Å². The molecule has 0 fully saturated rings. The zero-order chi connectivity index (χ0) is 38.8. The van der Waals surface area contributed by atoms with Crippen LogP contribution in [0.3, 0.4) is 0 Å². The number of carboxylic acids is 2. The van der Waals surface area contributed by atoms with Crippen molar-refractivity contribution in [1.82, 2.24) is 9.80 Å². The molecule has 0 saturated carbocycles. The minimum atomic E-state index is -0.946. The number of rotatable bonds is 6. The number of aromatic carboxylic acids is 2. The molecule has 2 N–H and O–H groups in total. The van der Waals surface area contributed by atoms with Crippen molar-refractivity contribution < 1.29 is 29.4 Å². The van der Waals surface area contributed by atoms with Crippen molar-refractivity contribution in [2.24, 2.45) is 21.7 Å². The second kappa shape index (κ2) is 13.1. The predicted molar refractivity (Wildman–Crippen MR) is 210 cm³/mol. The number of benzene rings is 3. The Kier molecular flexibility index (Phi) is 8.95. The molecule has 0 radical (unpaired) electrons. The SMILES string of the molecule is CC1(C)C(c2ccc(C(=O)O)cc2)=CC[C@]2(C)CN(C(=O)c3cccc(C(=O)N4CC=C5C(C)(C)C(c6ccc(C(=O)O)cc6)=CC[C@]5(C)C4)c3)CC=C12. The van der Waals surface area contributed by atoms with E-state index in [9.17, 15) is 29.4 Å². The van der Waals surface area contributed by atoms with Gasteiger partial charge in [0.2, 0.25) is 0 Å². The van der Waals surface area contributed by atoms with E-state index in [1.54, 1.807) is 48.5 Å². The number of carbonyl (C=O) groups excluding carboxylic acids is 2. The zero-order valence-electron chi connectivity index (χ0n) is 31.9. The number of nitrogens with zero attached hydrogens (tertiary/aromatic N) is 2. The van der Waals surface area contributed by atoms with Gasteiger partial charge >= 0.3 is 11.9 Å². The summed E-state index contributed by atoms with van der Waals surface area (Å²) >= 11 is 0. The van der Waals surface area contributed by atoms with E-state index < -0.39 is 11.9 Å². The van der Waals surface area contributed by atoms with Crippen LogP contribution in [-0.2, 0) is 0 Å². The fourth-order valence-corrected chi connectivity index (χ4v) is 9.86. The third-order valence-electron chi connectivity index (χ3n) is 12.4. The average molecular weight is 725 g/mol. The lowest BCUT2D eigenvalue weighted by Gasteiger charge is -2.50. The van der Waals surface area contributed by atoms with Crippen molar-refractivity contribution in [1.29, 1.82) is 0 Å². The summed E-state index contributed by atoms with van der Waals surface area (Å²) in [6, 6.07) is 21.2. The third-order valence-corrected chi connectivity index (χ3v) is 12.4. The van der Waals surface area contributed by atoms with Gasteiger partial charge in [0.05, 0.1) is 11.1 Å². The monoisotopic (exact) mass is 724 g/mol. The molecule has 7 rings (SSSR count). The van der Waals surface area contributed by atoms with E-state index in [4.69, 9.17) is 0 Å². The summed E-state index contributed by atoms with van der Waals surface area (Å²) in [5.74, 6) is -2.10. The molecule has 3 aromatic carbocycles. The second-order valence-corrected chi connectivity index (χ2v) is 17.0. The Labute approximate surface area is 317 Å². The highest BCUT2D eigenvalue weighted by Gasteiger charge is 2.48. The van der Waals surface area contributed by atoms with Gasteiger partial charge in [-0.2, -0.15) is 0 Å². The van der Waals surface area contributed by atoms with E-state index in [1.165, 1.54) is 11.1 Å². The summed E-state index contributed by atoms with van der Waals surface area (Å²) in [6.45, 7) is 15.2. The summed E-state index contributed by atoms with van der Waals surface area (Å²) in [5, 5.41) is 18.7. The van der Waals surface area contributed by atoms with Crippen LogP contribution in [0.1, 0.15) is 107 Å². The van der Waals surface area contributed by atoms with Crippen LogP contribution in [0.2, 0.25) is 0 Å². The maximum atomic E-state index is 14.1. The number of hydrogen-bond donors (Lipinski definition) is 2. The quantitative estimate of drug-likeness (QED) is 0.246. The summed E-state index contributed by atoms with van der Waals surface area (Å²) in [4.78, 5) is 54.7. The number of allylic oxidation sites excluding steroid dienone is 4. The van der Waals surface area contributed by atoms with Crippen LogP contribution in [0.25, 0.3) is 11.1 Å². The highest BCUT2D eigenvalue weighted by molar-refractivity contribution is 6.00. The van der Waals surface area contributed by atoms with Crippen molar-refractivity contribution in [3.63, 3.8) is 0 Å². The molecule has 54 heavy (non-hydrogen) atoms. The molecule has 8 nitrogen and oxygen atoms in total. The lowest BCUT2D eigenvalue weighted by molar-refractivity contribution is 0.0671. The van der Waals surface area contributed by atoms with E-state index in [1.807, 2.05) is 34.1 Å². The van der Waals surface area contributed by atoms with E-state index in [0.717, 1.165) is 35.1 Å². The smallest absolute Gasteiger partial charge is 0.335 e. The maximum absolute atomic E-state index is 14.1. The first-order valence-electron chi connectivity index (χ1n) is 18.6. The molecule has 0 unspecified atom stereocenters. The summed E-state index contributed by atoms with van der Waals surface area (Å²) in [6.07, 6.45) is 10.3. The zero-order valence-corrected chi connectivity index (χ0v) is 31.9. The number of amides is 2. The van der Waals surface area contributed by atoms with Gasteiger partial charge in [-0.1, -0.05) is 107 Å². The van der Waals surface area contributed by atoms with Crippen LogP contribution >= 0.6 is 0 Å². The van der Waals surface area contributed by atoms with E-state index in [0.29, 0.717) is 37.3 Å². The lowest BCUT2D eigenvalue weighted by Crippen LogP contribution is -2.49. The topological polar surface area (TPSA) is 115 Å². The van der Waals surface area contributed by atoms with E-state index in [2.05, 4.69) is 65.8 Å². The summed E-state index contributed by atoms with van der Waals surface area (Å²) in [7, 11) is 0. The molecule has 0 bridgehead atoms. The Hall–Kier alpha value is -5.50. The van der Waals surface area contributed by atoms with Gasteiger partial charge in [0.1, 0.15) is 0 Å². The first-order valence-corrected chi connectivity index (χ1v) is 18.6. The second-order valence-electron chi connectivity index (χ2n) is 17.0. The minimum absolute atomic E-state index is 0.103. The largest absolute Gasteiger partial charge is 0.478 e. The summed E-state index contributed by atoms with van der Waals surface area (Å²) in [5.41, 5.74) is 7.21. The van der Waals surface area contributed by atoms with Gasteiger partial charge in [-0.3, -0.25) is 9.59 Å². The van der Waals surface area contributed by atoms with Crippen LogP contribution in [-0.4, -0.2) is 69.9 Å². The molecular weight excluding hydrogens is 677 g/mol. The third kappa shape index (κ3) is 6.21. The van der Waals surface area contributed by atoms with E-state index in [-0.39, 0.29) is 44.6 Å².